The monoisotopic (exact) mass is 225 g/mol. The smallest absolute Gasteiger partial charge is 0.0862 e. The van der Waals surface area contributed by atoms with Crippen LogP contribution in [0.2, 0.25) is 0 Å². The third kappa shape index (κ3) is 3.30. The minimum Gasteiger partial charge on any atom is -0.390 e. The van der Waals surface area contributed by atoms with Crippen LogP contribution in [0.4, 0.5) is 0 Å². The summed E-state index contributed by atoms with van der Waals surface area (Å²) < 4.78 is 7.05. The zero-order valence-corrected chi connectivity index (χ0v) is 9.67. The van der Waals surface area contributed by atoms with Gasteiger partial charge in [0.25, 0.3) is 0 Å². The van der Waals surface area contributed by atoms with E-state index in [1.807, 2.05) is 19.2 Å². The second kappa shape index (κ2) is 5.43. The summed E-state index contributed by atoms with van der Waals surface area (Å²) in [7, 11) is 0. The van der Waals surface area contributed by atoms with Crippen LogP contribution in [-0.2, 0) is 11.3 Å². The van der Waals surface area contributed by atoms with Crippen LogP contribution < -0.4 is 0 Å². The highest BCUT2D eigenvalue weighted by atomic mass is 16.5. The Morgan fingerprint density at radius 2 is 2.19 bits per heavy atom. The average Bonchev–Trinajstić information content (AvgIpc) is 2.65. The van der Waals surface area contributed by atoms with Gasteiger partial charge in [0, 0.05) is 25.8 Å². The first-order valence-corrected chi connectivity index (χ1v) is 5.72. The topological polar surface area (TPSA) is 50.5 Å². The van der Waals surface area contributed by atoms with Crippen molar-refractivity contribution in [3.05, 3.63) is 18.0 Å². The van der Waals surface area contributed by atoms with Crippen molar-refractivity contribution < 1.29 is 9.84 Å². The fraction of sp³-hybridized carbons (Fsp3) is 0.727. The number of hydrogen-bond donors (Lipinski definition) is 1. The number of aliphatic hydroxyl groups is 1. The summed E-state index contributed by atoms with van der Waals surface area (Å²) >= 11 is 0. The Morgan fingerprint density at radius 1 is 1.44 bits per heavy atom. The van der Waals surface area contributed by atoms with Gasteiger partial charge in [-0.2, -0.15) is 5.10 Å². The molecule has 5 nitrogen and oxygen atoms in total. The minimum absolute atomic E-state index is 0.364. The van der Waals surface area contributed by atoms with Gasteiger partial charge in [0.05, 0.1) is 31.6 Å². The molecule has 5 heteroatoms. The van der Waals surface area contributed by atoms with Crippen molar-refractivity contribution in [1.29, 1.82) is 0 Å². The number of ether oxygens (including phenoxy) is 1. The van der Waals surface area contributed by atoms with Gasteiger partial charge in [-0.05, 0) is 13.0 Å². The van der Waals surface area contributed by atoms with E-state index in [4.69, 9.17) is 4.74 Å². The molecule has 0 saturated carbocycles. The first kappa shape index (κ1) is 11.6. The molecule has 0 aromatic carbocycles. The van der Waals surface area contributed by atoms with Crippen molar-refractivity contribution in [2.24, 2.45) is 0 Å². The average molecular weight is 225 g/mol. The molecule has 1 unspecified atom stereocenters. The lowest BCUT2D eigenvalue weighted by Crippen LogP contribution is -2.42. The molecule has 2 heterocycles. The Labute approximate surface area is 95.6 Å². The maximum atomic E-state index is 9.92. The van der Waals surface area contributed by atoms with Crippen LogP contribution in [0.5, 0.6) is 0 Å². The predicted molar refractivity (Wildman–Crippen MR) is 60.2 cm³/mol. The summed E-state index contributed by atoms with van der Waals surface area (Å²) in [5.41, 5.74) is 0.985. The minimum atomic E-state index is -0.364. The van der Waals surface area contributed by atoms with Crippen LogP contribution in [0.25, 0.3) is 0 Å². The molecule has 1 N–H and O–H groups in total. The van der Waals surface area contributed by atoms with Gasteiger partial charge < -0.3 is 9.84 Å². The van der Waals surface area contributed by atoms with Gasteiger partial charge in [-0.3, -0.25) is 9.58 Å². The summed E-state index contributed by atoms with van der Waals surface area (Å²) in [5.74, 6) is 0. The Kier molecular flexibility index (Phi) is 3.93. The standard InChI is InChI=1S/C11H19N3O2/c1-10-2-3-14(12-10)9-11(15)8-13-4-6-16-7-5-13/h2-3,11,15H,4-9H2,1H3. The number of aliphatic hydroxyl groups excluding tert-OH is 1. The fourth-order valence-electron chi connectivity index (χ4n) is 1.92. The van der Waals surface area contributed by atoms with Crippen molar-refractivity contribution in [2.75, 3.05) is 32.8 Å². The molecular formula is C11H19N3O2. The molecule has 90 valence electrons. The highest BCUT2D eigenvalue weighted by molar-refractivity contribution is 4.94. The van der Waals surface area contributed by atoms with Crippen LogP contribution in [0.3, 0.4) is 0 Å². The van der Waals surface area contributed by atoms with E-state index in [1.165, 1.54) is 0 Å². The van der Waals surface area contributed by atoms with Gasteiger partial charge in [-0.15, -0.1) is 0 Å². The first-order valence-electron chi connectivity index (χ1n) is 5.72. The number of aromatic nitrogens is 2. The quantitative estimate of drug-likeness (QED) is 0.776. The lowest BCUT2D eigenvalue weighted by molar-refractivity contribution is 0.0108. The summed E-state index contributed by atoms with van der Waals surface area (Å²) in [6, 6.07) is 1.95. The Hall–Kier alpha value is -0.910. The van der Waals surface area contributed by atoms with E-state index < -0.39 is 0 Å². The molecule has 0 spiro atoms. The van der Waals surface area contributed by atoms with Crippen molar-refractivity contribution in [3.8, 4) is 0 Å². The second-order valence-electron chi connectivity index (χ2n) is 4.25. The van der Waals surface area contributed by atoms with Gasteiger partial charge in [0.1, 0.15) is 0 Å². The number of nitrogens with zero attached hydrogens (tertiary/aromatic N) is 3. The zero-order chi connectivity index (χ0) is 11.4. The van der Waals surface area contributed by atoms with Crippen molar-refractivity contribution in [2.45, 2.75) is 19.6 Å². The maximum absolute atomic E-state index is 9.92. The van der Waals surface area contributed by atoms with E-state index in [0.717, 1.165) is 32.0 Å². The van der Waals surface area contributed by atoms with Gasteiger partial charge in [-0.25, -0.2) is 0 Å². The molecule has 0 bridgehead atoms. The van der Waals surface area contributed by atoms with Crippen LogP contribution in [-0.4, -0.2) is 58.7 Å². The molecule has 1 aliphatic heterocycles. The fourth-order valence-corrected chi connectivity index (χ4v) is 1.92. The second-order valence-corrected chi connectivity index (χ2v) is 4.25. The van der Waals surface area contributed by atoms with Crippen LogP contribution in [0.15, 0.2) is 12.3 Å². The zero-order valence-electron chi connectivity index (χ0n) is 9.67. The lowest BCUT2D eigenvalue weighted by atomic mass is 10.3. The number of hydrogen-bond acceptors (Lipinski definition) is 4. The van der Waals surface area contributed by atoms with E-state index in [-0.39, 0.29) is 6.10 Å². The summed E-state index contributed by atoms with van der Waals surface area (Å²) in [5, 5.41) is 14.2. The van der Waals surface area contributed by atoms with Gasteiger partial charge >= 0.3 is 0 Å². The van der Waals surface area contributed by atoms with E-state index in [2.05, 4.69) is 10.00 Å². The normalized spacial score (nSPS) is 19.9. The molecule has 1 fully saturated rings. The molecule has 1 saturated heterocycles. The van der Waals surface area contributed by atoms with E-state index in [1.54, 1.807) is 4.68 Å². The highest BCUT2D eigenvalue weighted by Gasteiger charge is 2.15. The third-order valence-electron chi connectivity index (χ3n) is 2.74. The van der Waals surface area contributed by atoms with Crippen LogP contribution in [0.1, 0.15) is 5.69 Å². The molecule has 1 aromatic rings. The number of rotatable bonds is 4. The lowest BCUT2D eigenvalue weighted by Gasteiger charge is -2.28. The van der Waals surface area contributed by atoms with Gasteiger partial charge in [-0.1, -0.05) is 0 Å². The van der Waals surface area contributed by atoms with Crippen molar-refractivity contribution in [1.82, 2.24) is 14.7 Å². The first-order chi connectivity index (χ1) is 7.74. The molecule has 2 rings (SSSR count). The van der Waals surface area contributed by atoms with Gasteiger partial charge in [0.15, 0.2) is 0 Å². The van der Waals surface area contributed by atoms with Crippen LogP contribution in [0, 0.1) is 6.92 Å². The molecular weight excluding hydrogens is 206 g/mol. The molecule has 0 radical (unpaired) electrons. The SMILES string of the molecule is Cc1ccn(CC(O)CN2CCOCC2)n1. The van der Waals surface area contributed by atoms with Crippen molar-refractivity contribution >= 4 is 0 Å². The largest absolute Gasteiger partial charge is 0.390 e. The van der Waals surface area contributed by atoms with Crippen molar-refractivity contribution in [3.63, 3.8) is 0 Å². The molecule has 1 aromatic heterocycles. The van der Waals surface area contributed by atoms with Gasteiger partial charge in [0.2, 0.25) is 0 Å². The summed E-state index contributed by atoms with van der Waals surface area (Å²) in [4.78, 5) is 2.23. The molecule has 1 atom stereocenters. The number of β-amino-alcohol motifs (C(OH)–C–C–N with tert-alkyl or cyclic N) is 1. The van der Waals surface area contributed by atoms with E-state index in [0.29, 0.717) is 13.1 Å². The third-order valence-corrected chi connectivity index (χ3v) is 2.74. The van der Waals surface area contributed by atoms with E-state index in [9.17, 15) is 5.11 Å². The molecule has 16 heavy (non-hydrogen) atoms. The molecule has 0 aliphatic carbocycles. The van der Waals surface area contributed by atoms with Crippen LogP contribution >= 0.6 is 0 Å². The Bertz CT molecular complexity index is 321. The maximum Gasteiger partial charge on any atom is 0.0862 e. The Balaban J connectivity index is 1.77. The summed E-state index contributed by atoms with van der Waals surface area (Å²) in [6.45, 7) is 6.57. The number of morpholine rings is 1. The highest BCUT2D eigenvalue weighted by Crippen LogP contribution is 2.01. The van der Waals surface area contributed by atoms with E-state index >= 15 is 0 Å². The number of aryl methyl sites for hydroxylation is 1. The Morgan fingerprint density at radius 3 is 2.81 bits per heavy atom. The molecule has 0 amide bonds. The molecule has 1 aliphatic rings. The predicted octanol–water partition coefficient (Wildman–Crippen LogP) is -0.115. The summed E-state index contributed by atoms with van der Waals surface area (Å²) in [6.07, 6.45) is 1.54.